The summed E-state index contributed by atoms with van der Waals surface area (Å²) in [5, 5.41) is 10.8. The molecule has 3 rings (SSSR count). The van der Waals surface area contributed by atoms with E-state index in [0.29, 0.717) is 6.04 Å². The SMILES string of the molecule is OC1(Cc2ccc(I)cc2)CCN2CCCC2C1. The van der Waals surface area contributed by atoms with Gasteiger partial charge in [-0.1, -0.05) is 12.1 Å². The van der Waals surface area contributed by atoms with E-state index >= 15 is 0 Å². The van der Waals surface area contributed by atoms with Crippen molar-refractivity contribution in [2.24, 2.45) is 0 Å². The molecule has 1 aromatic carbocycles. The first-order valence-electron chi connectivity index (χ1n) is 6.86. The molecule has 0 radical (unpaired) electrons. The maximum absolute atomic E-state index is 10.8. The highest BCUT2D eigenvalue weighted by Gasteiger charge is 2.39. The maximum atomic E-state index is 10.8. The normalized spacial score (nSPS) is 32.4. The van der Waals surface area contributed by atoms with Crippen molar-refractivity contribution in [3.63, 3.8) is 0 Å². The fourth-order valence-corrected chi connectivity index (χ4v) is 3.82. The van der Waals surface area contributed by atoms with Crippen molar-refractivity contribution in [1.29, 1.82) is 0 Å². The third-order valence-electron chi connectivity index (χ3n) is 4.43. The van der Waals surface area contributed by atoms with E-state index in [9.17, 15) is 5.11 Å². The number of fused-ring (bicyclic) bond motifs is 1. The highest BCUT2D eigenvalue weighted by molar-refractivity contribution is 14.1. The molecule has 1 N–H and O–H groups in total. The van der Waals surface area contributed by atoms with Crippen molar-refractivity contribution in [3.05, 3.63) is 33.4 Å². The quantitative estimate of drug-likeness (QED) is 0.823. The average molecular weight is 357 g/mol. The Labute approximate surface area is 123 Å². The van der Waals surface area contributed by atoms with Crippen LogP contribution in [0.5, 0.6) is 0 Å². The van der Waals surface area contributed by atoms with E-state index in [4.69, 9.17) is 0 Å². The van der Waals surface area contributed by atoms with Gasteiger partial charge in [-0.25, -0.2) is 0 Å². The van der Waals surface area contributed by atoms with Crippen LogP contribution >= 0.6 is 22.6 Å². The Bertz CT molecular complexity index is 419. The summed E-state index contributed by atoms with van der Waals surface area (Å²) in [7, 11) is 0. The molecule has 2 unspecified atom stereocenters. The molecule has 2 fully saturated rings. The van der Waals surface area contributed by atoms with Crippen molar-refractivity contribution >= 4 is 22.6 Å². The van der Waals surface area contributed by atoms with Gasteiger partial charge in [0.15, 0.2) is 0 Å². The molecule has 2 aliphatic rings. The van der Waals surface area contributed by atoms with Crippen molar-refractivity contribution in [3.8, 4) is 0 Å². The predicted octanol–water partition coefficient (Wildman–Crippen LogP) is 2.82. The van der Waals surface area contributed by atoms with E-state index in [1.54, 1.807) is 0 Å². The topological polar surface area (TPSA) is 23.5 Å². The summed E-state index contributed by atoms with van der Waals surface area (Å²) in [5.74, 6) is 0. The number of halogens is 1. The molecule has 98 valence electrons. The van der Waals surface area contributed by atoms with E-state index < -0.39 is 5.60 Å². The predicted molar refractivity (Wildman–Crippen MR) is 81.6 cm³/mol. The lowest BCUT2D eigenvalue weighted by atomic mass is 9.82. The number of nitrogens with zero attached hydrogens (tertiary/aromatic N) is 1. The molecule has 18 heavy (non-hydrogen) atoms. The molecular weight excluding hydrogens is 337 g/mol. The summed E-state index contributed by atoms with van der Waals surface area (Å²) >= 11 is 2.32. The molecule has 0 amide bonds. The number of benzene rings is 1. The van der Waals surface area contributed by atoms with Crippen molar-refractivity contribution < 1.29 is 5.11 Å². The van der Waals surface area contributed by atoms with Gasteiger partial charge in [0.25, 0.3) is 0 Å². The molecule has 2 saturated heterocycles. The third-order valence-corrected chi connectivity index (χ3v) is 5.14. The molecule has 0 spiro atoms. The molecule has 0 bridgehead atoms. The number of piperidine rings is 1. The summed E-state index contributed by atoms with van der Waals surface area (Å²) < 4.78 is 1.26. The van der Waals surface area contributed by atoms with E-state index in [1.165, 1.54) is 28.5 Å². The van der Waals surface area contributed by atoms with Crippen LogP contribution in [0.3, 0.4) is 0 Å². The second-order valence-corrected chi connectivity index (χ2v) is 7.06. The summed E-state index contributed by atoms with van der Waals surface area (Å²) in [6.45, 7) is 2.32. The Morgan fingerprint density at radius 1 is 1.28 bits per heavy atom. The number of hydrogen-bond acceptors (Lipinski definition) is 2. The van der Waals surface area contributed by atoms with Crippen molar-refractivity contribution in [2.45, 2.75) is 43.7 Å². The lowest BCUT2D eigenvalue weighted by Crippen LogP contribution is -2.48. The summed E-state index contributed by atoms with van der Waals surface area (Å²) in [6, 6.07) is 9.20. The zero-order chi connectivity index (χ0) is 12.6. The van der Waals surface area contributed by atoms with Crippen LogP contribution in [-0.2, 0) is 6.42 Å². The molecule has 0 aromatic heterocycles. The van der Waals surface area contributed by atoms with Gasteiger partial charge in [0.1, 0.15) is 0 Å². The van der Waals surface area contributed by atoms with Gasteiger partial charge < -0.3 is 10.0 Å². The molecule has 2 nitrogen and oxygen atoms in total. The second-order valence-electron chi connectivity index (χ2n) is 5.81. The first-order chi connectivity index (χ1) is 8.65. The minimum atomic E-state index is -0.474. The van der Waals surface area contributed by atoms with Crippen LogP contribution in [0.15, 0.2) is 24.3 Å². The third kappa shape index (κ3) is 2.73. The minimum absolute atomic E-state index is 0.474. The van der Waals surface area contributed by atoms with E-state index in [0.717, 1.165) is 25.8 Å². The van der Waals surface area contributed by atoms with Crippen LogP contribution in [-0.4, -0.2) is 34.7 Å². The minimum Gasteiger partial charge on any atom is -0.389 e. The summed E-state index contributed by atoms with van der Waals surface area (Å²) in [5.41, 5.74) is 0.794. The molecule has 1 aromatic rings. The standard InChI is InChI=1S/C15H20INO/c16-13-5-3-12(4-6-13)10-15(18)7-9-17-8-1-2-14(17)11-15/h3-6,14,18H,1-2,7-11H2. The van der Waals surface area contributed by atoms with Gasteiger partial charge in [0, 0.05) is 22.6 Å². The zero-order valence-corrected chi connectivity index (χ0v) is 12.8. The largest absolute Gasteiger partial charge is 0.389 e. The van der Waals surface area contributed by atoms with Crippen LogP contribution in [0, 0.1) is 3.57 Å². The highest BCUT2D eigenvalue weighted by Crippen LogP contribution is 2.35. The van der Waals surface area contributed by atoms with Gasteiger partial charge in [-0.3, -0.25) is 0 Å². The number of rotatable bonds is 2. The molecule has 2 aliphatic heterocycles. The maximum Gasteiger partial charge on any atom is 0.0715 e. The van der Waals surface area contributed by atoms with Crippen molar-refractivity contribution in [2.75, 3.05) is 13.1 Å². The Morgan fingerprint density at radius 2 is 2.06 bits per heavy atom. The Kier molecular flexibility index (Phi) is 3.65. The Hall–Kier alpha value is -0.130. The lowest BCUT2D eigenvalue weighted by Gasteiger charge is -2.41. The monoisotopic (exact) mass is 357 g/mol. The van der Waals surface area contributed by atoms with Crippen molar-refractivity contribution in [1.82, 2.24) is 4.90 Å². The molecule has 0 saturated carbocycles. The van der Waals surface area contributed by atoms with Crippen LogP contribution in [0.2, 0.25) is 0 Å². The van der Waals surface area contributed by atoms with Gasteiger partial charge in [-0.05, 0) is 72.5 Å². The molecule has 2 heterocycles. The first kappa shape index (κ1) is 12.9. The first-order valence-corrected chi connectivity index (χ1v) is 7.93. The van der Waals surface area contributed by atoms with Crippen LogP contribution in [0.4, 0.5) is 0 Å². The fourth-order valence-electron chi connectivity index (χ4n) is 3.46. The van der Waals surface area contributed by atoms with Gasteiger partial charge >= 0.3 is 0 Å². The van der Waals surface area contributed by atoms with E-state index in [1.807, 2.05) is 0 Å². The average Bonchev–Trinajstić information content (AvgIpc) is 2.79. The fraction of sp³-hybridized carbons (Fsp3) is 0.600. The molecule has 2 atom stereocenters. The zero-order valence-electron chi connectivity index (χ0n) is 10.6. The van der Waals surface area contributed by atoms with Crippen LogP contribution in [0.1, 0.15) is 31.2 Å². The van der Waals surface area contributed by atoms with E-state index in [-0.39, 0.29) is 0 Å². The Morgan fingerprint density at radius 3 is 2.83 bits per heavy atom. The van der Waals surface area contributed by atoms with Crippen LogP contribution < -0.4 is 0 Å². The Balaban J connectivity index is 1.69. The van der Waals surface area contributed by atoms with Crippen LogP contribution in [0.25, 0.3) is 0 Å². The lowest BCUT2D eigenvalue weighted by molar-refractivity contribution is -0.0354. The summed E-state index contributed by atoms with van der Waals surface area (Å²) in [6.07, 6.45) is 5.28. The van der Waals surface area contributed by atoms with Gasteiger partial charge in [0.05, 0.1) is 5.60 Å². The molecule has 0 aliphatic carbocycles. The van der Waals surface area contributed by atoms with E-state index in [2.05, 4.69) is 51.8 Å². The van der Waals surface area contributed by atoms with Gasteiger partial charge in [-0.15, -0.1) is 0 Å². The van der Waals surface area contributed by atoms with Gasteiger partial charge in [-0.2, -0.15) is 0 Å². The number of aliphatic hydroxyl groups is 1. The molecular formula is C15H20INO. The van der Waals surface area contributed by atoms with Gasteiger partial charge in [0.2, 0.25) is 0 Å². The smallest absolute Gasteiger partial charge is 0.0715 e. The number of hydrogen-bond donors (Lipinski definition) is 1. The highest BCUT2D eigenvalue weighted by atomic mass is 127. The summed E-state index contributed by atoms with van der Waals surface area (Å²) in [4.78, 5) is 2.56. The molecule has 3 heteroatoms. The second kappa shape index (κ2) is 5.10.